The van der Waals surface area contributed by atoms with E-state index in [9.17, 15) is 19.0 Å². The fraction of sp³-hybridized carbons (Fsp3) is 0.925. The van der Waals surface area contributed by atoms with Crippen LogP contribution in [0.1, 0.15) is 284 Å². The van der Waals surface area contributed by atoms with Crippen LogP contribution in [-0.2, 0) is 32.7 Å². The van der Waals surface area contributed by atoms with E-state index < -0.39 is 26.5 Å². The van der Waals surface area contributed by atoms with Crippen molar-refractivity contribution in [3.8, 4) is 0 Å². The van der Waals surface area contributed by atoms with Crippen LogP contribution in [-0.4, -0.2) is 49.3 Å². The van der Waals surface area contributed by atoms with Crippen molar-refractivity contribution < 1.29 is 37.6 Å². The number of unbranched alkanes of at least 4 members (excludes halogenated alkanes) is 37. The topological polar surface area (TPSA) is 134 Å². The second-order valence-corrected chi connectivity index (χ2v) is 19.9. The summed E-state index contributed by atoms with van der Waals surface area (Å²) in [6.45, 7) is 3.80. The van der Waals surface area contributed by atoms with Crippen molar-refractivity contribution in [2.45, 2.75) is 290 Å². The van der Waals surface area contributed by atoms with Gasteiger partial charge in [-0.1, -0.05) is 244 Å². The van der Waals surface area contributed by atoms with E-state index in [2.05, 4.69) is 26.0 Å². The summed E-state index contributed by atoms with van der Waals surface area (Å²) >= 11 is 0. The zero-order valence-electron chi connectivity index (χ0n) is 41.6. The normalized spacial score (nSPS) is 13.1. The molecule has 63 heavy (non-hydrogen) atoms. The first kappa shape index (κ1) is 61.8. The molecule has 0 aromatic rings. The molecule has 0 rings (SSSR count). The van der Waals surface area contributed by atoms with E-state index in [1.807, 2.05) is 0 Å². The third-order valence-corrected chi connectivity index (χ3v) is 13.1. The molecule has 0 aliphatic heterocycles. The Morgan fingerprint density at radius 3 is 1.13 bits per heavy atom. The molecule has 0 amide bonds. The standard InChI is InChI=1S/C53H104NO8P/c1-3-5-7-9-11-13-15-17-19-21-23-25-27-29-31-33-35-37-39-41-43-45-52(55)59-49-51(50-61-63(57,58)60-48-47-54)62-53(56)46-44-42-40-38-36-34-32-30-28-26-24-22-20-18-16-14-12-10-8-6-4-2/h17,19,51H,3-16,18,20-50,54H2,1-2H3,(H,57,58). The predicted octanol–water partition coefficient (Wildman–Crippen LogP) is 16.5. The molecule has 2 unspecified atom stereocenters. The Balaban J connectivity index is 3.97. The van der Waals surface area contributed by atoms with E-state index in [0.29, 0.717) is 6.42 Å². The SMILES string of the molecule is CCCCCCCCC=CCCCCCCCCCCCCCC(=O)OCC(COP(=O)(O)OCCN)OC(=O)CCCCCCCCCCCCCCCCCCCCCCC. The fourth-order valence-corrected chi connectivity index (χ4v) is 8.87. The highest BCUT2D eigenvalue weighted by atomic mass is 31.2. The molecule has 0 radical (unpaired) electrons. The number of hydrogen-bond acceptors (Lipinski definition) is 8. The second-order valence-electron chi connectivity index (χ2n) is 18.5. The highest BCUT2D eigenvalue weighted by Crippen LogP contribution is 2.43. The summed E-state index contributed by atoms with van der Waals surface area (Å²) in [6, 6.07) is 0. The fourth-order valence-electron chi connectivity index (χ4n) is 8.10. The number of rotatable bonds is 52. The van der Waals surface area contributed by atoms with Gasteiger partial charge in [-0.3, -0.25) is 18.6 Å². The lowest BCUT2D eigenvalue weighted by molar-refractivity contribution is -0.161. The highest BCUT2D eigenvalue weighted by molar-refractivity contribution is 7.47. The maximum atomic E-state index is 12.7. The summed E-state index contributed by atoms with van der Waals surface area (Å²) in [7, 11) is -4.38. The van der Waals surface area contributed by atoms with E-state index in [0.717, 1.165) is 32.1 Å². The minimum Gasteiger partial charge on any atom is -0.462 e. The van der Waals surface area contributed by atoms with Crippen LogP contribution in [0.5, 0.6) is 0 Å². The third kappa shape index (κ3) is 50.0. The number of carbonyl (C=O) groups is 2. The molecule has 3 N–H and O–H groups in total. The zero-order chi connectivity index (χ0) is 46.0. The van der Waals surface area contributed by atoms with E-state index in [-0.39, 0.29) is 38.6 Å². The number of phosphoric acid groups is 1. The van der Waals surface area contributed by atoms with Crippen LogP contribution in [0, 0.1) is 0 Å². The smallest absolute Gasteiger partial charge is 0.462 e. The quantitative estimate of drug-likeness (QED) is 0.0265. The molecule has 0 aromatic heterocycles. The van der Waals surface area contributed by atoms with Gasteiger partial charge in [-0.15, -0.1) is 0 Å². The van der Waals surface area contributed by atoms with Gasteiger partial charge < -0.3 is 20.1 Å². The first-order valence-electron chi connectivity index (χ1n) is 27.2. The van der Waals surface area contributed by atoms with Crippen molar-refractivity contribution in [2.75, 3.05) is 26.4 Å². The lowest BCUT2D eigenvalue weighted by Gasteiger charge is -2.19. The molecule has 2 atom stereocenters. The minimum absolute atomic E-state index is 0.0568. The molecule has 0 aromatic carbocycles. The number of carbonyl (C=O) groups excluding carboxylic acids is 2. The second kappa shape index (κ2) is 50.2. The van der Waals surface area contributed by atoms with E-state index >= 15 is 0 Å². The number of hydrogen-bond donors (Lipinski definition) is 2. The Morgan fingerprint density at radius 2 is 0.778 bits per heavy atom. The molecule has 0 heterocycles. The molecule has 0 aliphatic rings. The van der Waals surface area contributed by atoms with Crippen molar-refractivity contribution in [3.05, 3.63) is 12.2 Å². The molecular weight excluding hydrogens is 810 g/mol. The van der Waals surface area contributed by atoms with Crippen LogP contribution in [0.15, 0.2) is 12.2 Å². The average molecular weight is 914 g/mol. The van der Waals surface area contributed by atoms with Gasteiger partial charge in [0.05, 0.1) is 13.2 Å². The van der Waals surface area contributed by atoms with E-state index in [1.54, 1.807) is 0 Å². The maximum absolute atomic E-state index is 12.7. The average Bonchev–Trinajstić information content (AvgIpc) is 3.27. The molecule has 0 spiro atoms. The van der Waals surface area contributed by atoms with Crippen LogP contribution in [0.2, 0.25) is 0 Å². The van der Waals surface area contributed by atoms with Gasteiger partial charge in [0.15, 0.2) is 6.10 Å². The third-order valence-electron chi connectivity index (χ3n) is 12.2. The van der Waals surface area contributed by atoms with Gasteiger partial charge in [-0.25, -0.2) is 4.57 Å². The van der Waals surface area contributed by atoms with Gasteiger partial charge >= 0.3 is 19.8 Å². The monoisotopic (exact) mass is 914 g/mol. The summed E-state index contributed by atoms with van der Waals surface area (Å²) in [5.41, 5.74) is 5.37. The molecule has 0 fully saturated rings. The number of ether oxygens (including phenoxy) is 2. The molecular formula is C53H104NO8P. The lowest BCUT2D eigenvalue weighted by Crippen LogP contribution is -2.29. The van der Waals surface area contributed by atoms with Gasteiger partial charge in [0, 0.05) is 19.4 Å². The number of nitrogens with two attached hydrogens (primary N) is 1. The Kier molecular flexibility index (Phi) is 49.2. The van der Waals surface area contributed by atoms with Crippen LogP contribution in [0.3, 0.4) is 0 Å². The van der Waals surface area contributed by atoms with Crippen molar-refractivity contribution in [3.63, 3.8) is 0 Å². The lowest BCUT2D eigenvalue weighted by atomic mass is 10.0. The molecule has 9 nitrogen and oxygen atoms in total. The highest BCUT2D eigenvalue weighted by Gasteiger charge is 2.26. The van der Waals surface area contributed by atoms with Crippen LogP contribution in [0.25, 0.3) is 0 Å². The molecule has 0 saturated heterocycles. The Hall–Kier alpha value is -1.25. The van der Waals surface area contributed by atoms with Crippen molar-refractivity contribution >= 4 is 19.8 Å². The van der Waals surface area contributed by atoms with E-state index in [4.69, 9.17) is 24.3 Å². The largest absolute Gasteiger partial charge is 0.472 e. The molecule has 374 valence electrons. The van der Waals surface area contributed by atoms with Crippen LogP contribution < -0.4 is 5.73 Å². The predicted molar refractivity (Wildman–Crippen MR) is 266 cm³/mol. The van der Waals surface area contributed by atoms with Gasteiger partial charge in [0.1, 0.15) is 6.61 Å². The van der Waals surface area contributed by atoms with Crippen LogP contribution >= 0.6 is 7.82 Å². The van der Waals surface area contributed by atoms with Gasteiger partial charge in [-0.05, 0) is 38.5 Å². The molecule has 10 heteroatoms. The molecule has 0 aliphatic carbocycles. The minimum atomic E-state index is -4.38. The summed E-state index contributed by atoms with van der Waals surface area (Å²) in [6.07, 6.45) is 55.4. The van der Waals surface area contributed by atoms with Gasteiger partial charge in [0.25, 0.3) is 0 Å². The summed E-state index contributed by atoms with van der Waals surface area (Å²) < 4.78 is 33.0. The first-order valence-corrected chi connectivity index (χ1v) is 28.7. The Bertz CT molecular complexity index is 1040. The van der Waals surface area contributed by atoms with Gasteiger partial charge in [-0.2, -0.15) is 0 Å². The van der Waals surface area contributed by atoms with Gasteiger partial charge in [0.2, 0.25) is 0 Å². The Morgan fingerprint density at radius 1 is 0.460 bits per heavy atom. The number of allylic oxidation sites excluding steroid dienone is 2. The summed E-state index contributed by atoms with van der Waals surface area (Å²) in [4.78, 5) is 35.1. The Labute approximate surface area is 389 Å². The molecule has 0 saturated carbocycles. The molecule has 0 bridgehead atoms. The van der Waals surface area contributed by atoms with Crippen molar-refractivity contribution in [1.82, 2.24) is 0 Å². The van der Waals surface area contributed by atoms with Crippen molar-refractivity contribution in [2.24, 2.45) is 5.73 Å². The number of phosphoric ester groups is 1. The maximum Gasteiger partial charge on any atom is 0.472 e. The van der Waals surface area contributed by atoms with Crippen molar-refractivity contribution in [1.29, 1.82) is 0 Å². The summed E-state index contributed by atoms with van der Waals surface area (Å²) in [5, 5.41) is 0. The van der Waals surface area contributed by atoms with E-state index in [1.165, 1.54) is 218 Å². The zero-order valence-corrected chi connectivity index (χ0v) is 42.5. The number of esters is 2. The van der Waals surface area contributed by atoms with Crippen LogP contribution in [0.4, 0.5) is 0 Å². The summed E-state index contributed by atoms with van der Waals surface area (Å²) in [5.74, 6) is -0.810. The first-order chi connectivity index (χ1) is 30.8.